The molecule has 1 N–H and O–H groups in total. The van der Waals surface area contributed by atoms with Crippen LogP contribution in [-0.4, -0.2) is 37.4 Å². The molecule has 1 aromatic carbocycles. The third-order valence-corrected chi connectivity index (χ3v) is 4.73. The summed E-state index contributed by atoms with van der Waals surface area (Å²) in [6, 6.07) is 7.40. The first-order chi connectivity index (χ1) is 8.85. The van der Waals surface area contributed by atoms with Crippen molar-refractivity contribution in [2.75, 3.05) is 13.6 Å². The second-order valence-electron chi connectivity index (χ2n) is 4.39. The topological polar surface area (TPSA) is 74.7 Å². The zero-order valence-corrected chi connectivity index (χ0v) is 12.0. The molecule has 0 aliphatic rings. The summed E-state index contributed by atoms with van der Waals surface area (Å²) in [6.45, 7) is 2.02. The average Bonchev–Trinajstić information content (AvgIpc) is 2.36. The summed E-state index contributed by atoms with van der Waals surface area (Å²) in [5.41, 5.74) is 1.86. The van der Waals surface area contributed by atoms with Gasteiger partial charge in [0.05, 0.1) is 12.2 Å². The van der Waals surface area contributed by atoms with Gasteiger partial charge in [-0.15, -0.1) is 0 Å². The number of sulfonamides is 1. The van der Waals surface area contributed by atoms with E-state index in [4.69, 9.17) is 5.11 Å². The van der Waals surface area contributed by atoms with Crippen molar-refractivity contribution >= 4 is 16.0 Å². The quantitative estimate of drug-likeness (QED) is 0.823. The summed E-state index contributed by atoms with van der Waals surface area (Å²) in [5, 5.41) is 8.55. The first-order valence-corrected chi connectivity index (χ1v) is 7.69. The molecule has 0 saturated heterocycles. The maximum Gasteiger partial charge on any atom is 0.304 e. The average molecular weight is 285 g/mol. The Morgan fingerprint density at radius 2 is 1.74 bits per heavy atom. The molecule has 0 bridgehead atoms. The van der Waals surface area contributed by atoms with Gasteiger partial charge in [-0.05, 0) is 17.5 Å². The first kappa shape index (κ1) is 15.7. The Labute approximate surface area is 113 Å². The lowest BCUT2D eigenvalue weighted by Gasteiger charge is -2.16. The molecular formula is C13H19NO4S. The fourth-order valence-corrected chi connectivity index (χ4v) is 2.79. The summed E-state index contributed by atoms with van der Waals surface area (Å²) < 4.78 is 25.1. The second kappa shape index (κ2) is 6.68. The summed E-state index contributed by atoms with van der Waals surface area (Å²) >= 11 is 0. The summed E-state index contributed by atoms with van der Waals surface area (Å²) in [7, 11) is -2.06. The number of aryl methyl sites for hydroxylation is 1. The molecule has 0 atom stereocenters. The third kappa shape index (κ3) is 5.00. The Bertz CT molecular complexity index is 522. The van der Waals surface area contributed by atoms with Crippen molar-refractivity contribution in [3.63, 3.8) is 0 Å². The number of carboxylic acid groups (broad SMARTS) is 1. The SMILES string of the molecule is CCc1ccc(CS(=O)(=O)N(C)CCC(=O)O)cc1. The molecule has 0 aliphatic heterocycles. The van der Waals surface area contributed by atoms with E-state index in [1.165, 1.54) is 7.05 Å². The largest absolute Gasteiger partial charge is 0.481 e. The van der Waals surface area contributed by atoms with Crippen molar-refractivity contribution in [2.24, 2.45) is 0 Å². The molecule has 6 heteroatoms. The minimum Gasteiger partial charge on any atom is -0.481 e. The van der Waals surface area contributed by atoms with Crippen LogP contribution in [0.5, 0.6) is 0 Å². The fourth-order valence-electron chi connectivity index (χ4n) is 1.58. The van der Waals surface area contributed by atoms with Crippen LogP contribution in [0.25, 0.3) is 0 Å². The molecule has 0 radical (unpaired) electrons. The van der Waals surface area contributed by atoms with Gasteiger partial charge in [0.2, 0.25) is 10.0 Å². The maximum atomic E-state index is 12.0. The Morgan fingerprint density at radius 3 is 2.21 bits per heavy atom. The van der Waals surface area contributed by atoms with E-state index in [9.17, 15) is 13.2 Å². The minimum absolute atomic E-state index is 0.00922. The van der Waals surface area contributed by atoms with Crippen LogP contribution in [0.3, 0.4) is 0 Å². The van der Waals surface area contributed by atoms with E-state index >= 15 is 0 Å². The van der Waals surface area contributed by atoms with Crippen LogP contribution < -0.4 is 0 Å². The van der Waals surface area contributed by atoms with Gasteiger partial charge in [-0.1, -0.05) is 31.2 Å². The number of hydrogen-bond acceptors (Lipinski definition) is 3. The normalized spacial score (nSPS) is 11.7. The van der Waals surface area contributed by atoms with Gasteiger partial charge in [0.25, 0.3) is 0 Å². The monoisotopic (exact) mass is 285 g/mol. The lowest BCUT2D eigenvalue weighted by molar-refractivity contribution is -0.137. The van der Waals surface area contributed by atoms with E-state index in [2.05, 4.69) is 0 Å². The van der Waals surface area contributed by atoms with E-state index in [-0.39, 0.29) is 18.7 Å². The van der Waals surface area contributed by atoms with E-state index < -0.39 is 16.0 Å². The molecule has 0 saturated carbocycles. The molecule has 1 aromatic rings. The number of carbonyl (C=O) groups is 1. The summed E-state index contributed by atoms with van der Waals surface area (Å²) in [4.78, 5) is 10.4. The van der Waals surface area contributed by atoms with Crippen LogP contribution in [0, 0.1) is 0 Å². The van der Waals surface area contributed by atoms with E-state index in [0.29, 0.717) is 5.56 Å². The Hall–Kier alpha value is -1.40. The number of aliphatic carboxylic acids is 1. The Morgan fingerprint density at radius 1 is 1.21 bits per heavy atom. The first-order valence-electron chi connectivity index (χ1n) is 6.08. The number of benzene rings is 1. The van der Waals surface area contributed by atoms with Gasteiger partial charge in [-0.2, -0.15) is 0 Å². The Kier molecular flexibility index (Phi) is 5.50. The number of carboxylic acids is 1. The van der Waals surface area contributed by atoms with Crippen LogP contribution in [0.2, 0.25) is 0 Å². The van der Waals surface area contributed by atoms with Crippen molar-refractivity contribution in [1.82, 2.24) is 4.31 Å². The highest BCUT2D eigenvalue weighted by Crippen LogP contribution is 2.11. The highest BCUT2D eigenvalue weighted by atomic mass is 32.2. The Balaban J connectivity index is 2.69. The smallest absolute Gasteiger partial charge is 0.304 e. The molecule has 19 heavy (non-hydrogen) atoms. The van der Waals surface area contributed by atoms with Crippen LogP contribution >= 0.6 is 0 Å². The molecule has 0 unspecified atom stereocenters. The lowest BCUT2D eigenvalue weighted by Crippen LogP contribution is -2.30. The molecule has 0 aromatic heterocycles. The molecular weight excluding hydrogens is 266 g/mol. The van der Waals surface area contributed by atoms with Crippen molar-refractivity contribution in [2.45, 2.75) is 25.5 Å². The molecule has 0 aliphatic carbocycles. The van der Waals surface area contributed by atoms with Gasteiger partial charge in [0, 0.05) is 13.6 Å². The molecule has 106 valence electrons. The van der Waals surface area contributed by atoms with E-state index in [1.807, 2.05) is 19.1 Å². The van der Waals surface area contributed by atoms with E-state index in [1.54, 1.807) is 12.1 Å². The maximum absolute atomic E-state index is 12.0. The number of nitrogens with zero attached hydrogens (tertiary/aromatic N) is 1. The molecule has 1 rings (SSSR count). The van der Waals surface area contributed by atoms with Crippen LogP contribution in [0.4, 0.5) is 0 Å². The second-order valence-corrected chi connectivity index (χ2v) is 6.47. The van der Waals surface area contributed by atoms with Gasteiger partial charge < -0.3 is 5.11 Å². The third-order valence-electron chi connectivity index (χ3n) is 2.90. The zero-order valence-electron chi connectivity index (χ0n) is 11.2. The highest BCUT2D eigenvalue weighted by Gasteiger charge is 2.19. The predicted molar refractivity (Wildman–Crippen MR) is 73.3 cm³/mol. The number of rotatable bonds is 7. The lowest BCUT2D eigenvalue weighted by atomic mass is 10.1. The van der Waals surface area contributed by atoms with Crippen molar-refractivity contribution in [3.8, 4) is 0 Å². The number of hydrogen-bond donors (Lipinski definition) is 1. The minimum atomic E-state index is -3.46. The van der Waals surface area contributed by atoms with E-state index in [0.717, 1.165) is 16.3 Å². The van der Waals surface area contributed by atoms with Gasteiger partial charge >= 0.3 is 5.97 Å². The summed E-state index contributed by atoms with van der Waals surface area (Å²) in [6.07, 6.45) is 0.718. The van der Waals surface area contributed by atoms with Crippen molar-refractivity contribution in [1.29, 1.82) is 0 Å². The van der Waals surface area contributed by atoms with Crippen LogP contribution in [-0.2, 0) is 27.0 Å². The molecule has 0 amide bonds. The predicted octanol–water partition coefficient (Wildman–Crippen LogP) is 1.49. The molecule has 0 spiro atoms. The molecule has 0 fully saturated rings. The van der Waals surface area contributed by atoms with Crippen LogP contribution in [0.15, 0.2) is 24.3 Å². The molecule has 5 nitrogen and oxygen atoms in total. The van der Waals surface area contributed by atoms with Gasteiger partial charge in [-0.3, -0.25) is 4.79 Å². The van der Waals surface area contributed by atoms with Crippen molar-refractivity contribution in [3.05, 3.63) is 35.4 Å². The van der Waals surface area contributed by atoms with Crippen LogP contribution in [0.1, 0.15) is 24.5 Å². The zero-order chi connectivity index (χ0) is 14.5. The standard InChI is InChI=1S/C13H19NO4S/c1-3-11-4-6-12(7-5-11)10-19(17,18)14(2)9-8-13(15)16/h4-7H,3,8-10H2,1-2H3,(H,15,16). The van der Waals surface area contributed by atoms with Crippen molar-refractivity contribution < 1.29 is 18.3 Å². The molecule has 0 heterocycles. The highest BCUT2D eigenvalue weighted by molar-refractivity contribution is 7.88. The summed E-state index contributed by atoms with van der Waals surface area (Å²) in [5.74, 6) is -1.11. The fraction of sp³-hybridized carbons (Fsp3) is 0.462. The van der Waals surface area contributed by atoms with Gasteiger partial charge in [0.1, 0.15) is 0 Å². The van der Waals surface area contributed by atoms with Gasteiger partial charge in [-0.25, -0.2) is 12.7 Å². The van der Waals surface area contributed by atoms with Gasteiger partial charge in [0.15, 0.2) is 0 Å².